The van der Waals surface area contributed by atoms with Crippen molar-refractivity contribution in [2.45, 2.75) is 52.4 Å². The Morgan fingerprint density at radius 1 is 1.53 bits per heavy atom. The summed E-state index contributed by atoms with van der Waals surface area (Å²) < 4.78 is 26.3. The van der Waals surface area contributed by atoms with Gasteiger partial charge in [0, 0.05) is 6.92 Å². The first-order valence-electron chi connectivity index (χ1n) is 5.65. The number of alkyl halides is 2. The predicted octanol–water partition coefficient (Wildman–Crippen LogP) is 4.72. The van der Waals surface area contributed by atoms with Crippen molar-refractivity contribution in [2.75, 3.05) is 0 Å². The van der Waals surface area contributed by atoms with Gasteiger partial charge < -0.3 is 0 Å². The van der Waals surface area contributed by atoms with Crippen molar-refractivity contribution in [1.82, 2.24) is 0 Å². The van der Waals surface area contributed by atoms with Crippen LogP contribution in [0.4, 0.5) is 8.78 Å². The van der Waals surface area contributed by atoms with Crippen molar-refractivity contribution < 1.29 is 8.78 Å². The van der Waals surface area contributed by atoms with Gasteiger partial charge in [-0.3, -0.25) is 0 Å². The minimum Gasteiger partial charge on any atom is -0.202 e. The zero-order chi connectivity index (χ0) is 11.6. The average molecular weight is 214 g/mol. The fourth-order valence-electron chi connectivity index (χ4n) is 2.26. The maximum absolute atomic E-state index is 13.2. The Morgan fingerprint density at radius 3 is 2.60 bits per heavy atom. The summed E-state index contributed by atoms with van der Waals surface area (Å²) in [5.41, 5.74) is 1.99. The van der Waals surface area contributed by atoms with Crippen LogP contribution in [0.2, 0.25) is 0 Å². The van der Waals surface area contributed by atoms with E-state index in [0.717, 1.165) is 43.8 Å². The van der Waals surface area contributed by atoms with E-state index in [9.17, 15) is 8.78 Å². The number of allylic oxidation sites excluding steroid dienone is 3. The van der Waals surface area contributed by atoms with Crippen molar-refractivity contribution >= 4 is 0 Å². The third-order valence-electron chi connectivity index (χ3n) is 3.37. The Kier molecular flexibility index (Phi) is 3.69. The average Bonchev–Trinajstić information content (AvgIpc) is 2.46. The molecule has 0 aromatic carbocycles. The molecule has 0 heterocycles. The van der Waals surface area contributed by atoms with E-state index >= 15 is 0 Å². The highest BCUT2D eigenvalue weighted by Crippen LogP contribution is 2.42. The molecule has 0 saturated heterocycles. The van der Waals surface area contributed by atoms with Crippen LogP contribution in [-0.2, 0) is 0 Å². The first-order valence-corrected chi connectivity index (χ1v) is 5.65. The van der Waals surface area contributed by atoms with E-state index in [1.54, 1.807) is 0 Å². The third-order valence-corrected chi connectivity index (χ3v) is 3.37. The van der Waals surface area contributed by atoms with Crippen molar-refractivity contribution in [1.29, 1.82) is 0 Å². The quantitative estimate of drug-likeness (QED) is 0.637. The predicted molar refractivity (Wildman–Crippen MR) is 60.1 cm³/mol. The highest BCUT2D eigenvalue weighted by Gasteiger charge is 2.32. The topological polar surface area (TPSA) is 0 Å². The second-order valence-electron chi connectivity index (χ2n) is 4.54. The molecule has 0 N–H and O–H groups in total. The number of hydrogen-bond donors (Lipinski definition) is 0. The van der Waals surface area contributed by atoms with E-state index < -0.39 is 5.92 Å². The minimum absolute atomic E-state index is 0.214. The molecule has 1 fully saturated rings. The second-order valence-corrected chi connectivity index (χ2v) is 4.54. The van der Waals surface area contributed by atoms with Gasteiger partial charge in [-0.2, -0.15) is 0 Å². The summed E-state index contributed by atoms with van der Waals surface area (Å²) in [5.74, 6) is -2.26. The Balaban J connectivity index is 2.88. The summed E-state index contributed by atoms with van der Waals surface area (Å²) in [5, 5.41) is 0. The minimum atomic E-state index is -2.70. The lowest BCUT2D eigenvalue weighted by atomic mass is 9.94. The van der Waals surface area contributed by atoms with Gasteiger partial charge in [0.15, 0.2) is 0 Å². The fourth-order valence-corrected chi connectivity index (χ4v) is 2.26. The molecule has 0 aromatic heterocycles. The van der Waals surface area contributed by atoms with Gasteiger partial charge in [-0.25, -0.2) is 8.78 Å². The molecule has 0 aromatic rings. The number of rotatable bonds is 3. The fraction of sp³-hybridized carbons (Fsp3) is 0.692. The largest absolute Gasteiger partial charge is 0.266 e. The van der Waals surface area contributed by atoms with Gasteiger partial charge in [-0.05, 0) is 48.8 Å². The van der Waals surface area contributed by atoms with Crippen molar-refractivity contribution in [2.24, 2.45) is 5.92 Å². The van der Waals surface area contributed by atoms with Crippen molar-refractivity contribution in [3.05, 3.63) is 23.3 Å². The smallest absolute Gasteiger partial charge is 0.202 e. The van der Waals surface area contributed by atoms with E-state index in [-0.39, 0.29) is 5.57 Å². The Labute approximate surface area is 91.1 Å². The van der Waals surface area contributed by atoms with Crippen LogP contribution < -0.4 is 0 Å². The maximum Gasteiger partial charge on any atom is 0.266 e. The van der Waals surface area contributed by atoms with Crippen LogP contribution in [0.3, 0.4) is 0 Å². The van der Waals surface area contributed by atoms with Crippen molar-refractivity contribution in [3.8, 4) is 0 Å². The molecule has 1 atom stereocenters. The molecular weight excluding hydrogens is 194 g/mol. The number of halogens is 2. The molecule has 0 spiro atoms. The van der Waals surface area contributed by atoms with Crippen LogP contribution in [0.25, 0.3) is 0 Å². The lowest BCUT2D eigenvalue weighted by Gasteiger charge is -2.16. The first-order chi connectivity index (χ1) is 6.88. The Morgan fingerprint density at radius 2 is 2.13 bits per heavy atom. The first kappa shape index (κ1) is 12.4. The van der Waals surface area contributed by atoms with Crippen molar-refractivity contribution in [3.63, 3.8) is 0 Å². The molecule has 0 bridgehead atoms. The molecule has 1 aliphatic carbocycles. The molecule has 15 heavy (non-hydrogen) atoms. The van der Waals surface area contributed by atoms with Crippen LogP contribution in [0.15, 0.2) is 23.3 Å². The van der Waals surface area contributed by atoms with Crippen LogP contribution in [0.5, 0.6) is 0 Å². The van der Waals surface area contributed by atoms with Gasteiger partial charge in [-0.15, -0.1) is 0 Å². The normalized spacial score (nSPS) is 25.9. The van der Waals surface area contributed by atoms with Gasteiger partial charge in [-0.1, -0.05) is 19.9 Å². The van der Waals surface area contributed by atoms with Gasteiger partial charge in [0.1, 0.15) is 0 Å². The van der Waals surface area contributed by atoms with E-state index in [0.29, 0.717) is 5.92 Å². The monoisotopic (exact) mass is 214 g/mol. The highest BCUT2D eigenvalue weighted by atomic mass is 19.3. The summed E-state index contributed by atoms with van der Waals surface area (Å²) in [4.78, 5) is 0. The van der Waals surface area contributed by atoms with E-state index in [1.807, 2.05) is 0 Å². The zero-order valence-corrected chi connectivity index (χ0v) is 9.87. The second kappa shape index (κ2) is 4.46. The molecule has 0 amide bonds. The van der Waals surface area contributed by atoms with Gasteiger partial charge >= 0.3 is 0 Å². The number of hydrogen-bond acceptors (Lipinski definition) is 0. The SMILES string of the molecule is C=C1/C(=C(\C)C(C)(F)F)CCC1CCC. The standard InChI is InChI=1S/C13H20F2/c1-5-6-11-7-8-12(9(11)2)10(3)13(4,14)15/h11H,2,5-8H2,1,3-4H3/b12-10+. The van der Waals surface area contributed by atoms with E-state index in [1.165, 1.54) is 6.92 Å². The molecule has 1 aliphatic rings. The van der Waals surface area contributed by atoms with Crippen LogP contribution in [0.1, 0.15) is 46.5 Å². The van der Waals surface area contributed by atoms with Crippen LogP contribution >= 0.6 is 0 Å². The molecule has 2 heteroatoms. The Hall–Kier alpha value is -0.660. The molecule has 1 unspecified atom stereocenters. The molecule has 0 nitrogen and oxygen atoms in total. The molecule has 1 saturated carbocycles. The maximum atomic E-state index is 13.2. The van der Waals surface area contributed by atoms with E-state index in [2.05, 4.69) is 13.5 Å². The summed E-state index contributed by atoms with van der Waals surface area (Å²) in [6.07, 6.45) is 3.94. The lowest BCUT2D eigenvalue weighted by molar-refractivity contribution is 0.0624. The Bertz CT molecular complexity index is 281. The summed E-state index contributed by atoms with van der Waals surface area (Å²) in [7, 11) is 0. The summed E-state index contributed by atoms with van der Waals surface area (Å²) in [6.45, 7) is 8.60. The van der Waals surface area contributed by atoms with Crippen LogP contribution in [0, 0.1) is 5.92 Å². The third kappa shape index (κ3) is 2.67. The van der Waals surface area contributed by atoms with Crippen LogP contribution in [-0.4, -0.2) is 5.92 Å². The van der Waals surface area contributed by atoms with Gasteiger partial charge in [0.25, 0.3) is 5.92 Å². The summed E-state index contributed by atoms with van der Waals surface area (Å²) >= 11 is 0. The molecular formula is C13H20F2. The zero-order valence-electron chi connectivity index (χ0n) is 9.87. The molecule has 86 valence electrons. The molecule has 0 aliphatic heterocycles. The molecule has 1 rings (SSSR count). The van der Waals surface area contributed by atoms with Gasteiger partial charge in [0.2, 0.25) is 0 Å². The molecule has 0 radical (unpaired) electrons. The lowest BCUT2D eigenvalue weighted by Crippen LogP contribution is -2.13. The highest BCUT2D eigenvalue weighted by molar-refractivity contribution is 5.40. The van der Waals surface area contributed by atoms with Gasteiger partial charge in [0.05, 0.1) is 0 Å². The van der Waals surface area contributed by atoms with E-state index in [4.69, 9.17) is 0 Å². The summed E-state index contributed by atoms with van der Waals surface area (Å²) in [6, 6.07) is 0.